The molecule has 2 aromatic heterocycles. The Morgan fingerprint density at radius 2 is 1.87 bits per heavy atom. The standard InChI is InChI=1S/C25H27N3O2S/c1-3-14-27-15-16-28(25(30)23-9-8-18(2)31-23)22(24(27)29)17-20-6-4-5-7-21(20)19-10-12-26-13-11-19/h4-13,22H,3,14-17H2,1-2H3. The second-order valence-corrected chi connectivity index (χ2v) is 9.13. The fourth-order valence-electron chi connectivity index (χ4n) is 4.18. The van der Waals surface area contributed by atoms with Crippen molar-refractivity contribution >= 4 is 23.2 Å². The molecule has 1 saturated heterocycles. The van der Waals surface area contributed by atoms with Gasteiger partial charge in [-0.15, -0.1) is 11.3 Å². The van der Waals surface area contributed by atoms with E-state index in [2.05, 4.69) is 24.0 Å². The van der Waals surface area contributed by atoms with E-state index in [1.165, 1.54) is 11.3 Å². The third-order valence-electron chi connectivity index (χ3n) is 5.71. The van der Waals surface area contributed by atoms with Gasteiger partial charge in [-0.05, 0) is 54.3 Å². The highest BCUT2D eigenvalue weighted by molar-refractivity contribution is 7.13. The summed E-state index contributed by atoms with van der Waals surface area (Å²) in [6, 6.07) is 15.4. The van der Waals surface area contributed by atoms with Crippen molar-refractivity contribution in [3.63, 3.8) is 0 Å². The van der Waals surface area contributed by atoms with Crippen molar-refractivity contribution < 1.29 is 9.59 Å². The number of carbonyl (C=O) groups excluding carboxylic acids is 2. The molecule has 160 valence electrons. The Bertz CT molecular complexity index is 1060. The molecular formula is C25H27N3O2S. The Kier molecular flexibility index (Phi) is 6.47. The molecule has 4 rings (SSSR count). The first-order chi connectivity index (χ1) is 15.1. The number of amides is 2. The third kappa shape index (κ3) is 4.54. The average Bonchev–Trinajstić information content (AvgIpc) is 3.23. The van der Waals surface area contributed by atoms with Crippen LogP contribution in [0.3, 0.4) is 0 Å². The van der Waals surface area contributed by atoms with Crippen LogP contribution in [0.5, 0.6) is 0 Å². The summed E-state index contributed by atoms with van der Waals surface area (Å²) in [5.74, 6) is -0.00625. The summed E-state index contributed by atoms with van der Waals surface area (Å²) in [7, 11) is 0. The van der Waals surface area contributed by atoms with Crippen LogP contribution in [0, 0.1) is 6.92 Å². The minimum Gasteiger partial charge on any atom is -0.339 e. The maximum atomic E-state index is 13.4. The van der Waals surface area contributed by atoms with Crippen molar-refractivity contribution in [1.82, 2.24) is 14.8 Å². The quantitative estimate of drug-likeness (QED) is 0.578. The van der Waals surface area contributed by atoms with Crippen LogP contribution < -0.4 is 0 Å². The fraction of sp³-hybridized carbons (Fsp3) is 0.320. The van der Waals surface area contributed by atoms with Crippen LogP contribution in [0.25, 0.3) is 11.1 Å². The van der Waals surface area contributed by atoms with E-state index in [0.717, 1.165) is 34.5 Å². The first-order valence-corrected chi connectivity index (χ1v) is 11.5. The molecule has 1 aliphatic rings. The summed E-state index contributed by atoms with van der Waals surface area (Å²) in [4.78, 5) is 36.4. The number of carbonyl (C=O) groups is 2. The van der Waals surface area contributed by atoms with Gasteiger partial charge in [-0.1, -0.05) is 31.2 Å². The third-order valence-corrected chi connectivity index (χ3v) is 6.70. The van der Waals surface area contributed by atoms with Gasteiger partial charge in [-0.2, -0.15) is 0 Å². The lowest BCUT2D eigenvalue weighted by atomic mass is 9.93. The topological polar surface area (TPSA) is 53.5 Å². The summed E-state index contributed by atoms with van der Waals surface area (Å²) < 4.78 is 0. The number of thiophene rings is 1. The highest BCUT2D eigenvalue weighted by Gasteiger charge is 2.38. The molecule has 1 aromatic carbocycles. The number of hydrogen-bond acceptors (Lipinski definition) is 4. The van der Waals surface area contributed by atoms with E-state index in [1.54, 1.807) is 17.3 Å². The highest BCUT2D eigenvalue weighted by Crippen LogP contribution is 2.28. The number of benzene rings is 1. The monoisotopic (exact) mass is 433 g/mol. The maximum Gasteiger partial charge on any atom is 0.264 e. The van der Waals surface area contributed by atoms with Gasteiger partial charge in [0.05, 0.1) is 4.88 Å². The molecule has 0 N–H and O–H groups in total. The summed E-state index contributed by atoms with van der Waals surface area (Å²) in [6.07, 6.45) is 4.95. The van der Waals surface area contributed by atoms with Gasteiger partial charge in [-0.25, -0.2) is 0 Å². The zero-order chi connectivity index (χ0) is 21.8. The molecule has 1 unspecified atom stereocenters. The molecule has 5 nitrogen and oxygen atoms in total. The first-order valence-electron chi connectivity index (χ1n) is 10.7. The largest absolute Gasteiger partial charge is 0.339 e. The van der Waals surface area contributed by atoms with Crippen LogP contribution in [0.15, 0.2) is 60.9 Å². The first kappa shape index (κ1) is 21.2. The van der Waals surface area contributed by atoms with Gasteiger partial charge in [0.2, 0.25) is 5.91 Å². The Hall–Kier alpha value is -2.99. The minimum absolute atomic E-state index is 0.0410. The molecule has 0 bridgehead atoms. The number of piperazine rings is 1. The van der Waals surface area contributed by atoms with E-state index in [4.69, 9.17) is 0 Å². The van der Waals surface area contributed by atoms with E-state index in [-0.39, 0.29) is 11.8 Å². The average molecular weight is 434 g/mol. The van der Waals surface area contributed by atoms with E-state index < -0.39 is 6.04 Å². The highest BCUT2D eigenvalue weighted by atomic mass is 32.1. The lowest BCUT2D eigenvalue weighted by Gasteiger charge is -2.40. The van der Waals surface area contributed by atoms with Crippen LogP contribution in [0.1, 0.15) is 33.5 Å². The summed E-state index contributed by atoms with van der Waals surface area (Å²) in [6.45, 7) is 5.94. The van der Waals surface area contributed by atoms with Crippen LogP contribution in [-0.2, 0) is 11.2 Å². The molecule has 3 heterocycles. The molecule has 0 spiro atoms. The van der Waals surface area contributed by atoms with Crippen LogP contribution >= 0.6 is 11.3 Å². The number of hydrogen-bond donors (Lipinski definition) is 0. The Balaban J connectivity index is 1.68. The molecule has 0 radical (unpaired) electrons. The fourth-order valence-corrected chi connectivity index (χ4v) is 5.01. The van der Waals surface area contributed by atoms with Gasteiger partial charge in [0.1, 0.15) is 6.04 Å². The van der Waals surface area contributed by atoms with E-state index >= 15 is 0 Å². The summed E-state index contributed by atoms with van der Waals surface area (Å²) in [5, 5.41) is 0. The van der Waals surface area contributed by atoms with Crippen molar-refractivity contribution in [1.29, 1.82) is 0 Å². The molecule has 6 heteroatoms. The minimum atomic E-state index is -0.502. The summed E-state index contributed by atoms with van der Waals surface area (Å²) in [5.41, 5.74) is 3.20. The van der Waals surface area contributed by atoms with Crippen LogP contribution in [-0.4, -0.2) is 52.3 Å². The number of aromatic nitrogens is 1. The number of nitrogens with zero attached hydrogens (tertiary/aromatic N) is 3. The van der Waals surface area contributed by atoms with Crippen LogP contribution in [0.2, 0.25) is 0 Å². The second kappa shape index (κ2) is 9.43. The second-order valence-electron chi connectivity index (χ2n) is 7.85. The van der Waals surface area contributed by atoms with Gasteiger partial charge in [-0.3, -0.25) is 14.6 Å². The maximum absolute atomic E-state index is 13.4. The van der Waals surface area contributed by atoms with Crippen molar-refractivity contribution in [3.8, 4) is 11.1 Å². The van der Waals surface area contributed by atoms with Crippen molar-refractivity contribution in [3.05, 3.63) is 76.2 Å². The normalized spacial score (nSPS) is 16.6. The van der Waals surface area contributed by atoms with Gasteiger partial charge in [0.25, 0.3) is 5.91 Å². The number of aryl methyl sites for hydroxylation is 1. The van der Waals surface area contributed by atoms with Gasteiger partial charge < -0.3 is 9.80 Å². The Morgan fingerprint density at radius 3 is 2.58 bits per heavy atom. The van der Waals surface area contributed by atoms with Crippen molar-refractivity contribution in [2.45, 2.75) is 32.7 Å². The van der Waals surface area contributed by atoms with Gasteiger partial charge >= 0.3 is 0 Å². The lowest BCUT2D eigenvalue weighted by Crippen LogP contribution is -2.59. The van der Waals surface area contributed by atoms with Crippen molar-refractivity contribution in [2.24, 2.45) is 0 Å². The number of rotatable bonds is 6. The van der Waals surface area contributed by atoms with Gasteiger partial charge in [0, 0.05) is 43.3 Å². The molecule has 0 saturated carbocycles. The van der Waals surface area contributed by atoms with E-state index in [9.17, 15) is 9.59 Å². The molecule has 1 fully saturated rings. The molecule has 2 amide bonds. The van der Waals surface area contributed by atoms with Gasteiger partial charge in [0.15, 0.2) is 0 Å². The van der Waals surface area contributed by atoms with Crippen LogP contribution in [0.4, 0.5) is 0 Å². The molecular weight excluding hydrogens is 406 g/mol. The zero-order valence-corrected chi connectivity index (χ0v) is 18.8. The Morgan fingerprint density at radius 1 is 1.10 bits per heavy atom. The molecule has 3 aromatic rings. The predicted molar refractivity (Wildman–Crippen MR) is 124 cm³/mol. The predicted octanol–water partition coefficient (Wildman–Crippen LogP) is 4.42. The van der Waals surface area contributed by atoms with E-state index in [0.29, 0.717) is 24.4 Å². The van der Waals surface area contributed by atoms with E-state index in [1.807, 2.05) is 48.2 Å². The Labute approximate surface area is 187 Å². The van der Waals surface area contributed by atoms with Crippen molar-refractivity contribution in [2.75, 3.05) is 19.6 Å². The number of pyridine rings is 1. The SMILES string of the molecule is CCCN1CCN(C(=O)c2ccc(C)s2)C(Cc2ccccc2-c2ccncc2)C1=O. The molecule has 0 aliphatic carbocycles. The molecule has 1 atom stereocenters. The molecule has 31 heavy (non-hydrogen) atoms. The molecule has 1 aliphatic heterocycles. The zero-order valence-electron chi connectivity index (χ0n) is 18.0. The lowest BCUT2D eigenvalue weighted by molar-refractivity contribution is -0.140. The summed E-state index contributed by atoms with van der Waals surface area (Å²) >= 11 is 1.49. The smallest absolute Gasteiger partial charge is 0.264 e.